The molecule has 0 saturated heterocycles. The second-order valence-corrected chi connectivity index (χ2v) is 9.12. The molecule has 30 heavy (non-hydrogen) atoms. The summed E-state index contributed by atoms with van der Waals surface area (Å²) in [5.74, 6) is -0.426. The van der Waals surface area contributed by atoms with Crippen LogP contribution >= 0.6 is 31.9 Å². The van der Waals surface area contributed by atoms with E-state index in [1.807, 2.05) is 31.4 Å². The number of carbonyl (C=O) groups is 2. The number of ketones is 1. The van der Waals surface area contributed by atoms with E-state index in [9.17, 15) is 14.7 Å². The third-order valence-corrected chi connectivity index (χ3v) is 6.77. The molecule has 0 radical (unpaired) electrons. The summed E-state index contributed by atoms with van der Waals surface area (Å²) in [4.78, 5) is 25.3. The standard InChI is InChI=1S/C19H18B4Br2O5/c1-5(29-6(2)26)18-11(16(27)7-3-8(24)17(28)9(25)4-7)10-12(20)13(21)14(22)15(23)19(10)30-18/h3-5,28H,20-23H2,1-2H3. The summed E-state index contributed by atoms with van der Waals surface area (Å²) in [5.41, 5.74) is 5.40. The molecule has 0 amide bonds. The third kappa shape index (κ3) is 3.78. The van der Waals surface area contributed by atoms with Gasteiger partial charge in [0.2, 0.25) is 0 Å². The quantitative estimate of drug-likeness (QED) is 0.255. The zero-order valence-corrected chi connectivity index (χ0v) is 20.7. The molecule has 5 nitrogen and oxygen atoms in total. The molecule has 11 heteroatoms. The number of carbonyl (C=O) groups excluding carboxylic acids is 2. The first-order valence-electron chi connectivity index (χ1n) is 9.38. The van der Waals surface area contributed by atoms with E-state index >= 15 is 0 Å². The van der Waals surface area contributed by atoms with Crippen LogP contribution in [0.1, 0.15) is 41.6 Å². The summed E-state index contributed by atoms with van der Waals surface area (Å²) in [7, 11) is 7.95. The minimum atomic E-state index is -0.739. The molecule has 1 aromatic heterocycles. The lowest BCUT2D eigenvalue weighted by molar-refractivity contribution is -0.146. The zero-order valence-electron chi connectivity index (χ0n) is 17.6. The average molecular weight is 529 g/mol. The molecule has 1 atom stereocenters. The Bertz CT molecular complexity index is 1200. The third-order valence-electron chi connectivity index (χ3n) is 5.56. The van der Waals surface area contributed by atoms with Gasteiger partial charge in [-0.25, -0.2) is 0 Å². The molecule has 0 fully saturated rings. The fourth-order valence-electron chi connectivity index (χ4n) is 3.65. The van der Waals surface area contributed by atoms with E-state index in [0.717, 1.165) is 27.2 Å². The van der Waals surface area contributed by atoms with Gasteiger partial charge in [0, 0.05) is 17.9 Å². The molecular weight excluding hydrogens is 511 g/mol. The predicted octanol–water partition coefficient (Wildman–Crippen LogP) is -1.45. The van der Waals surface area contributed by atoms with Gasteiger partial charge in [-0.3, -0.25) is 9.59 Å². The Morgan fingerprint density at radius 3 is 2.10 bits per heavy atom. The summed E-state index contributed by atoms with van der Waals surface area (Å²) in [5, 5.41) is 10.7. The summed E-state index contributed by atoms with van der Waals surface area (Å²) in [6, 6.07) is 3.12. The van der Waals surface area contributed by atoms with Crippen LogP contribution in [0.5, 0.6) is 5.75 Å². The van der Waals surface area contributed by atoms with Crippen molar-refractivity contribution in [3.63, 3.8) is 0 Å². The van der Waals surface area contributed by atoms with Crippen molar-refractivity contribution in [2.75, 3.05) is 0 Å². The number of rotatable bonds is 4. The van der Waals surface area contributed by atoms with Crippen molar-refractivity contribution in [2.24, 2.45) is 0 Å². The first-order chi connectivity index (χ1) is 14.0. The van der Waals surface area contributed by atoms with Crippen molar-refractivity contribution in [1.29, 1.82) is 0 Å². The fraction of sp³-hybridized carbons (Fsp3) is 0.158. The number of fused-ring (bicyclic) bond motifs is 1. The van der Waals surface area contributed by atoms with Gasteiger partial charge in [0.15, 0.2) is 17.6 Å². The van der Waals surface area contributed by atoms with E-state index in [-0.39, 0.29) is 11.5 Å². The van der Waals surface area contributed by atoms with Crippen molar-refractivity contribution in [1.82, 2.24) is 0 Å². The fourth-order valence-corrected chi connectivity index (χ4v) is 4.83. The molecule has 0 spiro atoms. The monoisotopic (exact) mass is 528 g/mol. The van der Waals surface area contributed by atoms with Gasteiger partial charge < -0.3 is 14.3 Å². The number of furan rings is 1. The number of phenols is 1. The average Bonchev–Trinajstić information content (AvgIpc) is 3.08. The van der Waals surface area contributed by atoms with Crippen LogP contribution < -0.4 is 21.9 Å². The molecule has 0 bridgehead atoms. The van der Waals surface area contributed by atoms with Gasteiger partial charge in [0.25, 0.3) is 0 Å². The van der Waals surface area contributed by atoms with Crippen molar-refractivity contribution in [3.05, 3.63) is 38.0 Å². The SMILES string of the molecule is Bc1c(B)c(B)c2c(C(=O)c3cc(Br)c(O)c(Br)c3)c(C(C)OC(C)=O)oc2c1B. The van der Waals surface area contributed by atoms with E-state index in [1.54, 1.807) is 19.1 Å². The van der Waals surface area contributed by atoms with E-state index in [0.29, 0.717) is 31.4 Å². The Balaban J connectivity index is 2.38. The molecule has 3 rings (SSSR count). The normalized spacial score (nSPS) is 12.1. The van der Waals surface area contributed by atoms with Crippen molar-refractivity contribution in [3.8, 4) is 5.75 Å². The molecule has 1 N–H and O–H groups in total. The number of hydrogen-bond acceptors (Lipinski definition) is 5. The second-order valence-electron chi connectivity index (χ2n) is 7.41. The number of aromatic hydroxyl groups is 1. The van der Waals surface area contributed by atoms with Crippen LogP contribution in [0.3, 0.4) is 0 Å². The Labute approximate surface area is 194 Å². The first-order valence-corrected chi connectivity index (χ1v) is 11.0. The van der Waals surface area contributed by atoms with Gasteiger partial charge >= 0.3 is 5.97 Å². The maximum Gasteiger partial charge on any atom is 0.303 e. The van der Waals surface area contributed by atoms with Crippen LogP contribution in [0.15, 0.2) is 25.5 Å². The molecule has 2 aromatic carbocycles. The molecule has 1 heterocycles. The van der Waals surface area contributed by atoms with Crippen molar-refractivity contribution in [2.45, 2.75) is 20.0 Å². The lowest BCUT2D eigenvalue weighted by Gasteiger charge is -2.13. The van der Waals surface area contributed by atoms with Gasteiger partial charge in [0.05, 0.1) is 14.5 Å². The Morgan fingerprint density at radius 1 is 1.03 bits per heavy atom. The van der Waals surface area contributed by atoms with Gasteiger partial charge in [0.1, 0.15) is 42.7 Å². The number of hydrogen-bond donors (Lipinski definition) is 1. The molecule has 0 aliphatic rings. The van der Waals surface area contributed by atoms with Crippen LogP contribution in [-0.4, -0.2) is 48.2 Å². The number of halogens is 2. The number of benzene rings is 2. The maximum absolute atomic E-state index is 13.7. The second kappa shape index (κ2) is 8.35. The highest BCUT2D eigenvalue weighted by molar-refractivity contribution is 9.11. The number of esters is 1. The van der Waals surface area contributed by atoms with Gasteiger partial charge in [-0.2, -0.15) is 0 Å². The van der Waals surface area contributed by atoms with E-state index in [1.165, 1.54) is 6.92 Å². The minimum Gasteiger partial charge on any atom is -0.506 e. The molecule has 3 aromatic rings. The molecule has 150 valence electrons. The molecule has 1 unspecified atom stereocenters. The summed E-state index contributed by atoms with van der Waals surface area (Å²) in [6.45, 7) is 3.00. The molecular formula is C19H18B4Br2O5. The molecule has 0 aliphatic heterocycles. The summed E-state index contributed by atoms with van der Waals surface area (Å²) >= 11 is 6.56. The maximum atomic E-state index is 13.7. The van der Waals surface area contributed by atoms with Crippen LogP contribution in [0, 0.1) is 0 Å². The summed E-state index contributed by atoms with van der Waals surface area (Å²) < 4.78 is 12.3. The van der Waals surface area contributed by atoms with Gasteiger partial charge in [-0.1, -0.05) is 16.4 Å². The Morgan fingerprint density at radius 2 is 1.57 bits per heavy atom. The molecule has 0 aliphatic carbocycles. The van der Waals surface area contributed by atoms with Crippen LogP contribution in [0.25, 0.3) is 11.0 Å². The smallest absolute Gasteiger partial charge is 0.303 e. The van der Waals surface area contributed by atoms with Crippen molar-refractivity contribution < 1.29 is 23.8 Å². The molecule has 0 saturated carbocycles. The minimum absolute atomic E-state index is 0.00982. The number of ether oxygens (including phenoxy) is 1. The number of phenolic OH excluding ortho intramolecular Hbond substituents is 1. The predicted molar refractivity (Wildman–Crippen MR) is 136 cm³/mol. The lowest BCUT2D eigenvalue weighted by atomic mass is 9.65. The highest BCUT2D eigenvalue weighted by Crippen LogP contribution is 2.36. The van der Waals surface area contributed by atoms with E-state index < -0.39 is 12.1 Å². The van der Waals surface area contributed by atoms with Crippen LogP contribution in [0.2, 0.25) is 0 Å². The van der Waals surface area contributed by atoms with Gasteiger partial charge in [-0.05, 0) is 50.9 Å². The van der Waals surface area contributed by atoms with Crippen LogP contribution in [0.4, 0.5) is 0 Å². The Hall–Kier alpha value is -1.86. The highest BCUT2D eigenvalue weighted by Gasteiger charge is 2.30. The van der Waals surface area contributed by atoms with E-state index in [2.05, 4.69) is 31.9 Å². The van der Waals surface area contributed by atoms with Gasteiger partial charge in [-0.15, -0.1) is 5.46 Å². The highest BCUT2D eigenvalue weighted by atomic mass is 79.9. The largest absolute Gasteiger partial charge is 0.506 e. The zero-order chi connectivity index (χ0) is 22.5. The summed E-state index contributed by atoms with van der Waals surface area (Å²) in [6.07, 6.45) is -0.739. The first kappa shape index (κ1) is 22.8. The van der Waals surface area contributed by atoms with Crippen LogP contribution in [-0.2, 0) is 9.53 Å². The van der Waals surface area contributed by atoms with E-state index in [4.69, 9.17) is 9.15 Å². The van der Waals surface area contributed by atoms with Crippen molar-refractivity contribution >= 4 is 108 Å². The Kier molecular flexibility index (Phi) is 6.35. The lowest BCUT2D eigenvalue weighted by Crippen LogP contribution is -2.47. The topological polar surface area (TPSA) is 76.7 Å².